The first-order valence-electron chi connectivity index (χ1n) is 10.2. The number of amides is 3. The van der Waals surface area contributed by atoms with Crippen LogP contribution < -0.4 is 31.2 Å². The number of benzene rings is 2. The van der Waals surface area contributed by atoms with E-state index in [0.29, 0.717) is 11.5 Å². The number of methoxy groups -OCH3 is 2. The first kappa shape index (κ1) is 24.5. The Morgan fingerprint density at radius 3 is 2.41 bits per heavy atom. The lowest BCUT2D eigenvalue weighted by atomic mass is 10.1. The molecule has 1 aromatic heterocycles. The van der Waals surface area contributed by atoms with Gasteiger partial charge in [-0.2, -0.15) is 4.37 Å². The van der Waals surface area contributed by atoms with Crippen molar-refractivity contribution in [2.24, 2.45) is 5.73 Å². The molecular weight excluding hydrogens is 458 g/mol. The van der Waals surface area contributed by atoms with Crippen molar-refractivity contribution < 1.29 is 23.9 Å². The fraction of sp³-hybridized carbons (Fsp3) is 0.217. The van der Waals surface area contributed by atoms with Crippen molar-refractivity contribution in [1.82, 2.24) is 9.69 Å². The monoisotopic (exact) mass is 483 g/mol. The molecule has 0 unspecified atom stereocenters. The Hall–Kier alpha value is -4.12. The molecule has 0 aliphatic rings. The summed E-state index contributed by atoms with van der Waals surface area (Å²) in [7, 11) is 2.93. The standard InChI is InChI=1S/C23H25N5O5S/c1-13(22(30)26-12-14-7-5-4-6-8-14)28(16-11-15(32-2)9-10-17(16)33-3)23(31)20-18(24)19(21(25)29)27-34-20/h4-11,13H,12,24H2,1-3H3,(H2,25,29)(H,26,30)/t13-/m1/s1. The molecule has 0 saturated heterocycles. The van der Waals surface area contributed by atoms with Gasteiger partial charge in [0.2, 0.25) is 5.91 Å². The second-order valence-electron chi connectivity index (χ2n) is 7.23. The van der Waals surface area contributed by atoms with E-state index in [1.807, 2.05) is 30.3 Å². The SMILES string of the molecule is COc1ccc(OC)c(N(C(=O)c2snc(C(N)=O)c2N)[C@H](C)C(=O)NCc2ccccc2)c1. The number of nitrogens with zero attached hydrogens (tertiary/aromatic N) is 2. The van der Waals surface area contributed by atoms with Crippen LogP contribution in [0.25, 0.3) is 0 Å². The first-order valence-corrected chi connectivity index (χ1v) is 11.0. The van der Waals surface area contributed by atoms with Gasteiger partial charge in [-0.15, -0.1) is 0 Å². The highest BCUT2D eigenvalue weighted by atomic mass is 32.1. The second-order valence-corrected chi connectivity index (χ2v) is 8.00. The highest BCUT2D eigenvalue weighted by Gasteiger charge is 2.34. The molecule has 1 heterocycles. The zero-order valence-corrected chi connectivity index (χ0v) is 19.7. The summed E-state index contributed by atoms with van der Waals surface area (Å²) in [6.07, 6.45) is 0. The number of anilines is 2. The summed E-state index contributed by atoms with van der Waals surface area (Å²) in [5, 5.41) is 2.84. The van der Waals surface area contributed by atoms with Crippen molar-refractivity contribution in [2.45, 2.75) is 19.5 Å². The molecule has 0 aliphatic carbocycles. The summed E-state index contributed by atoms with van der Waals surface area (Å²) in [5.41, 5.74) is 12.1. The number of primary amides is 1. The molecule has 0 aliphatic heterocycles. The van der Waals surface area contributed by atoms with Gasteiger partial charge in [0, 0.05) is 12.6 Å². The maximum absolute atomic E-state index is 13.7. The highest BCUT2D eigenvalue weighted by molar-refractivity contribution is 7.09. The van der Waals surface area contributed by atoms with Gasteiger partial charge >= 0.3 is 0 Å². The summed E-state index contributed by atoms with van der Waals surface area (Å²) >= 11 is 0.728. The molecule has 0 fully saturated rings. The lowest BCUT2D eigenvalue weighted by Crippen LogP contribution is -2.48. The maximum Gasteiger partial charge on any atom is 0.272 e. The molecule has 10 nitrogen and oxygen atoms in total. The molecule has 3 amide bonds. The van der Waals surface area contributed by atoms with Crippen LogP contribution in [-0.4, -0.2) is 42.4 Å². The van der Waals surface area contributed by atoms with Gasteiger partial charge in [-0.3, -0.25) is 19.3 Å². The third kappa shape index (κ3) is 5.09. The van der Waals surface area contributed by atoms with E-state index in [9.17, 15) is 14.4 Å². The number of ether oxygens (including phenoxy) is 2. The molecule has 5 N–H and O–H groups in total. The van der Waals surface area contributed by atoms with E-state index in [2.05, 4.69) is 9.69 Å². The Balaban J connectivity index is 2.02. The normalized spacial score (nSPS) is 11.4. The van der Waals surface area contributed by atoms with E-state index >= 15 is 0 Å². The molecule has 1 atom stereocenters. The van der Waals surface area contributed by atoms with Crippen LogP contribution in [0.5, 0.6) is 11.5 Å². The third-order valence-electron chi connectivity index (χ3n) is 5.10. The van der Waals surface area contributed by atoms with Gasteiger partial charge in [-0.1, -0.05) is 30.3 Å². The Morgan fingerprint density at radius 2 is 1.82 bits per heavy atom. The number of nitrogens with two attached hydrogens (primary N) is 2. The van der Waals surface area contributed by atoms with Gasteiger partial charge < -0.3 is 26.3 Å². The number of carbonyl (C=O) groups is 3. The minimum absolute atomic E-state index is 0.0265. The Morgan fingerprint density at radius 1 is 1.12 bits per heavy atom. The molecule has 3 rings (SSSR count). The lowest BCUT2D eigenvalue weighted by molar-refractivity contribution is -0.122. The van der Waals surface area contributed by atoms with Crippen molar-refractivity contribution in [3.05, 3.63) is 64.7 Å². The van der Waals surface area contributed by atoms with Crippen LogP contribution in [0.3, 0.4) is 0 Å². The largest absolute Gasteiger partial charge is 0.497 e. The molecule has 0 saturated carbocycles. The van der Waals surface area contributed by atoms with Gasteiger partial charge in [0.05, 0.1) is 25.6 Å². The molecule has 0 radical (unpaired) electrons. The van der Waals surface area contributed by atoms with Crippen molar-refractivity contribution in [2.75, 3.05) is 24.9 Å². The summed E-state index contributed by atoms with van der Waals surface area (Å²) < 4.78 is 14.7. The van der Waals surface area contributed by atoms with Crippen molar-refractivity contribution in [3.8, 4) is 11.5 Å². The number of nitrogen functional groups attached to an aromatic ring is 1. The van der Waals surface area contributed by atoms with E-state index in [0.717, 1.165) is 17.1 Å². The van der Waals surface area contributed by atoms with Gasteiger partial charge in [0.25, 0.3) is 11.8 Å². The van der Waals surface area contributed by atoms with E-state index in [4.69, 9.17) is 20.9 Å². The third-order valence-corrected chi connectivity index (χ3v) is 5.95. The summed E-state index contributed by atoms with van der Waals surface area (Å²) in [6.45, 7) is 1.85. The lowest BCUT2D eigenvalue weighted by Gasteiger charge is -2.29. The van der Waals surface area contributed by atoms with Crippen LogP contribution in [0.1, 0.15) is 32.6 Å². The molecule has 0 bridgehead atoms. The van der Waals surface area contributed by atoms with Crippen LogP contribution in [0.15, 0.2) is 48.5 Å². The highest BCUT2D eigenvalue weighted by Crippen LogP contribution is 2.36. The molecule has 2 aromatic carbocycles. The first-order chi connectivity index (χ1) is 16.3. The van der Waals surface area contributed by atoms with Gasteiger partial charge in [-0.25, -0.2) is 0 Å². The zero-order chi connectivity index (χ0) is 24.8. The van der Waals surface area contributed by atoms with Crippen LogP contribution >= 0.6 is 11.5 Å². The molecule has 11 heteroatoms. The maximum atomic E-state index is 13.7. The van der Waals surface area contributed by atoms with Gasteiger partial charge in [0.15, 0.2) is 5.69 Å². The average molecular weight is 484 g/mol. The summed E-state index contributed by atoms with van der Waals surface area (Å²) in [5.74, 6) is -1.14. The Labute approximate surface area is 200 Å². The number of rotatable bonds is 9. The molecule has 178 valence electrons. The number of hydrogen-bond acceptors (Lipinski definition) is 8. The smallest absolute Gasteiger partial charge is 0.272 e. The van der Waals surface area contributed by atoms with Gasteiger partial charge in [0.1, 0.15) is 22.4 Å². The number of hydrogen-bond donors (Lipinski definition) is 3. The minimum Gasteiger partial charge on any atom is -0.497 e. The van der Waals surface area contributed by atoms with Crippen LogP contribution in [0, 0.1) is 0 Å². The molecular formula is C23H25N5O5S. The quantitative estimate of drug-likeness (QED) is 0.422. The molecule has 3 aromatic rings. The van der Waals surface area contributed by atoms with Gasteiger partial charge in [-0.05, 0) is 36.2 Å². The predicted octanol–water partition coefficient (Wildman–Crippen LogP) is 2.19. The average Bonchev–Trinajstić information content (AvgIpc) is 3.24. The summed E-state index contributed by atoms with van der Waals surface area (Å²) in [4.78, 5) is 39.6. The fourth-order valence-electron chi connectivity index (χ4n) is 3.27. The Bertz CT molecular complexity index is 1200. The summed E-state index contributed by atoms with van der Waals surface area (Å²) in [6, 6.07) is 13.2. The van der Waals surface area contributed by atoms with Crippen LogP contribution in [-0.2, 0) is 11.3 Å². The number of aromatic nitrogens is 1. The van der Waals surface area contributed by atoms with E-state index < -0.39 is 23.8 Å². The predicted molar refractivity (Wildman–Crippen MR) is 129 cm³/mol. The molecule has 34 heavy (non-hydrogen) atoms. The van der Waals surface area contributed by atoms with Crippen molar-refractivity contribution in [3.63, 3.8) is 0 Å². The van der Waals surface area contributed by atoms with Crippen molar-refractivity contribution >= 4 is 40.6 Å². The van der Waals surface area contributed by atoms with Crippen LogP contribution in [0.4, 0.5) is 11.4 Å². The molecule has 0 spiro atoms. The van der Waals surface area contributed by atoms with Crippen LogP contribution in [0.2, 0.25) is 0 Å². The second kappa shape index (κ2) is 10.7. The van der Waals surface area contributed by atoms with Crippen molar-refractivity contribution in [1.29, 1.82) is 0 Å². The Kier molecular flexibility index (Phi) is 7.69. The number of carbonyl (C=O) groups excluding carboxylic acids is 3. The fourth-order valence-corrected chi connectivity index (χ4v) is 4.01. The van der Waals surface area contributed by atoms with E-state index in [1.165, 1.54) is 19.1 Å². The topological polar surface area (TPSA) is 150 Å². The van der Waals surface area contributed by atoms with E-state index in [-0.39, 0.29) is 28.5 Å². The van der Waals surface area contributed by atoms with E-state index in [1.54, 1.807) is 25.1 Å². The number of nitrogens with one attached hydrogen (secondary N) is 1. The minimum atomic E-state index is -0.990. The zero-order valence-electron chi connectivity index (χ0n) is 18.9.